The van der Waals surface area contributed by atoms with Crippen LogP contribution in [-0.4, -0.2) is 58.3 Å². The van der Waals surface area contributed by atoms with Crippen LogP contribution in [0.1, 0.15) is 21.3 Å². The minimum atomic E-state index is -3.47. The molecule has 1 saturated heterocycles. The van der Waals surface area contributed by atoms with Gasteiger partial charge in [0.2, 0.25) is 10.0 Å². The maximum atomic E-state index is 12.7. The Morgan fingerprint density at radius 3 is 2.63 bits per heavy atom. The third kappa shape index (κ3) is 5.52. The van der Waals surface area contributed by atoms with Gasteiger partial charge >= 0.3 is 0 Å². The van der Waals surface area contributed by atoms with E-state index < -0.39 is 10.0 Å². The molecular weight excluding hydrogens is 386 g/mol. The van der Waals surface area contributed by atoms with E-state index in [4.69, 9.17) is 4.74 Å². The average Bonchev–Trinajstić information content (AvgIpc) is 3.16. The fourth-order valence-corrected chi connectivity index (χ4v) is 4.47. The number of carbonyl (C=O) groups excluding carboxylic acids is 1. The van der Waals surface area contributed by atoms with Crippen LogP contribution in [0.25, 0.3) is 0 Å². The molecule has 2 heterocycles. The lowest BCUT2D eigenvalue weighted by molar-refractivity contribution is 0.0169. The fraction of sp³-hybridized carbons (Fsp3) is 0.389. The lowest BCUT2D eigenvalue weighted by Gasteiger charge is -2.34. The van der Waals surface area contributed by atoms with Gasteiger partial charge in [-0.3, -0.25) is 14.4 Å². The summed E-state index contributed by atoms with van der Waals surface area (Å²) in [6.45, 7) is 3.41. The van der Waals surface area contributed by atoms with E-state index in [1.54, 1.807) is 35.6 Å². The zero-order valence-electron chi connectivity index (χ0n) is 15.1. The molecule has 0 spiro atoms. The molecule has 0 saturated carbocycles. The number of anilines is 1. The molecule has 7 nitrogen and oxygen atoms in total. The molecule has 2 N–H and O–H groups in total. The highest BCUT2D eigenvalue weighted by Crippen LogP contribution is 2.26. The number of hydrogen-bond donors (Lipinski definition) is 2. The Kier molecular flexibility index (Phi) is 6.48. The first-order chi connectivity index (χ1) is 12.9. The quantitative estimate of drug-likeness (QED) is 0.730. The van der Waals surface area contributed by atoms with Crippen LogP contribution < -0.4 is 10.0 Å². The Bertz CT molecular complexity index is 862. The summed E-state index contributed by atoms with van der Waals surface area (Å²) in [4.78, 5) is 16.2. The number of sulfonamides is 1. The predicted octanol–water partition coefficient (Wildman–Crippen LogP) is 1.92. The van der Waals surface area contributed by atoms with Crippen LogP contribution in [0, 0.1) is 0 Å². The number of morpholine rings is 1. The Labute approximate surface area is 163 Å². The van der Waals surface area contributed by atoms with E-state index in [1.165, 1.54) is 4.88 Å². The summed E-state index contributed by atoms with van der Waals surface area (Å²) in [6.07, 6.45) is 1.06. The van der Waals surface area contributed by atoms with Gasteiger partial charge in [0.15, 0.2) is 0 Å². The highest BCUT2D eigenvalue weighted by molar-refractivity contribution is 7.92. The molecule has 0 aliphatic carbocycles. The van der Waals surface area contributed by atoms with Gasteiger partial charge < -0.3 is 10.1 Å². The number of amides is 1. The van der Waals surface area contributed by atoms with Crippen molar-refractivity contribution >= 4 is 33.0 Å². The van der Waals surface area contributed by atoms with Crippen molar-refractivity contribution in [1.82, 2.24) is 10.2 Å². The predicted molar refractivity (Wildman–Crippen MR) is 107 cm³/mol. The van der Waals surface area contributed by atoms with Gasteiger partial charge in [-0.1, -0.05) is 18.2 Å². The van der Waals surface area contributed by atoms with Crippen molar-refractivity contribution in [1.29, 1.82) is 0 Å². The molecule has 1 atom stereocenters. The third-order valence-electron chi connectivity index (χ3n) is 4.28. The zero-order chi connectivity index (χ0) is 19.3. The van der Waals surface area contributed by atoms with Crippen molar-refractivity contribution in [2.45, 2.75) is 6.04 Å². The summed E-state index contributed by atoms with van der Waals surface area (Å²) < 4.78 is 30.9. The molecule has 1 aliphatic heterocycles. The Morgan fingerprint density at radius 2 is 1.96 bits per heavy atom. The van der Waals surface area contributed by atoms with E-state index in [0.29, 0.717) is 25.3 Å². The maximum absolute atomic E-state index is 12.7. The number of benzene rings is 1. The van der Waals surface area contributed by atoms with Crippen molar-refractivity contribution in [3.05, 3.63) is 52.2 Å². The number of carbonyl (C=O) groups is 1. The molecule has 1 aromatic heterocycles. The molecule has 3 rings (SSSR count). The molecule has 1 aromatic carbocycles. The van der Waals surface area contributed by atoms with Gasteiger partial charge in [0.05, 0.1) is 36.8 Å². The topological polar surface area (TPSA) is 87.7 Å². The first-order valence-corrected chi connectivity index (χ1v) is 11.4. The van der Waals surface area contributed by atoms with Crippen LogP contribution in [-0.2, 0) is 14.8 Å². The van der Waals surface area contributed by atoms with Crippen molar-refractivity contribution in [3.8, 4) is 0 Å². The summed E-state index contributed by atoms with van der Waals surface area (Å²) in [5.74, 6) is -0.309. The van der Waals surface area contributed by atoms with E-state index in [0.717, 1.165) is 19.3 Å². The van der Waals surface area contributed by atoms with Gasteiger partial charge in [-0.05, 0) is 23.6 Å². The lowest BCUT2D eigenvalue weighted by Crippen LogP contribution is -2.43. The number of para-hydroxylation sites is 1. The van der Waals surface area contributed by atoms with Crippen LogP contribution in [0.2, 0.25) is 0 Å². The maximum Gasteiger partial charge on any atom is 0.253 e. The van der Waals surface area contributed by atoms with Gasteiger partial charge in [0, 0.05) is 24.5 Å². The molecule has 1 unspecified atom stereocenters. The molecule has 0 bridgehead atoms. The van der Waals surface area contributed by atoms with Gasteiger partial charge in [-0.2, -0.15) is 0 Å². The summed E-state index contributed by atoms with van der Waals surface area (Å²) >= 11 is 1.66. The Morgan fingerprint density at radius 1 is 1.22 bits per heavy atom. The Hall–Kier alpha value is -1.94. The second-order valence-corrected chi connectivity index (χ2v) is 9.04. The molecule has 1 amide bonds. The SMILES string of the molecule is CS(=O)(=O)Nc1ccccc1C(=O)NCC(c1cccs1)N1CCOCC1. The summed E-state index contributed by atoms with van der Waals surface area (Å²) in [5, 5.41) is 4.98. The first-order valence-electron chi connectivity index (χ1n) is 8.64. The second-order valence-electron chi connectivity index (χ2n) is 6.31. The highest BCUT2D eigenvalue weighted by atomic mass is 32.2. The van der Waals surface area contributed by atoms with Gasteiger partial charge in [0.25, 0.3) is 5.91 Å². The minimum Gasteiger partial charge on any atom is -0.379 e. The van der Waals surface area contributed by atoms with Crippen molar-refractivity contribution < 1.29 is 17.9 Å². The molecular formula is C18H23N3O4S2. The lowest BCUT2D eigenvalue weighted by atomic mass is 10.1. The standard InChI is InChI=1S/C18H23N3O4S2/c1-27(23,24)20-15-6-3-2-5-14(15)18(22)19-13-16(17-7-4-12-26-17)21-8-10-25-11-9-21/h2-7,12,16,20H,8-11,13H2,1H3,(H,19,22). The number of thiophene rings is 1. The number of nitrogens with zero attached hydrogens (tertiary/aromatic N) is 1. The summed E-state index contributed by atoms with van der Waals surface area (Å²) in [5.41, 5.74) is 0.575. The van der Waals surface area contributed by atoms with Crippen LogP contribution >= 0.6 is 11.3 Å². The van der Waals surface area contributed by atoms with Crippen LogP contribution in [0.4, 0.5) is 5.69 Å². The summed E-state index contributed by atoms with van der Waals surface area (Å²) in [6, 6.07) is 10.7. The molecule has 1 aliphatic rings. The Balaban J connectivity index is 1.73. The van der Waals surface area contributed by atoms with Gasteiger partial charge in [0.1, 0.15) is 0 Å². The van der Waals surface area contributed by atoms with Gasteiger partial charge in [-0.25, -0.2) is 8.42 Å². The third-order valence-corrected chi connectivity index (χ3v) is 5.85. The minimum absolute atomic E-state index is 0.0629. The van der Waals surface area contributed by atoms with E-state index in [2.05, 4.69) is 21.0 Å². The second kappa shape index (κ2) is 8.83. The van der Waals surface area contributed by atoms with E-state index in [-0.39, 0.29) is 17.6 Å². The molecule has 1 fully saturated rings. The largest absolute Gasteiger partial charge is 0.379 e. The first kappa shape index (κ1) is 19.8. The molecule has 9 heteroatoms. The van der Waals surface area contributed by atoms with E-state index >= 15 is 0 Å². The van der Waals surface area contributed by atoms with Crippen molar-refractivity contribution in [2.24, 2.45) is 0 Å². The molecule has 2 aromatic rings. The van der Waals surface area contributed by atoms with E-state index in [1.807, 2.05) is 11.4 Å². The van der Waals surface area contributed by atoms with Crippen LogP contribution in [0.15, 0.2) is 41.8 Å². The zero-order valence-corrected chi connectivity index (χ0v) is 16.7. The van der Waals surface area contributed by atoms with Crippen LogP contribution in [0.5, 0.6) is 0 Å². The summed E-state index contributed by atoms with van der Waals surface area (Å²) in [7, 11) is -3.47. The highest BCUT2D eigenvalue weighted by Gasteiger charge is 2.24. The van der Waals surface area contributed by atoms with Crippen molar-refractivity contribution in [3.63, 3.8) is 0 Å². The fourth-order valence-electron chi connectivity index (χ4n) is 3.03. The number of ether oxygens (including phenoxy) is 1. The van der Waals surface area contributed by atoms with Crippen molar-refractivity contribution in [2.75, 3.05) is 43.8 Å². The normalized spacial score (nSPS) is 16.6. The smallest absolute Gasteiger partial charge is 0.253 e. The molecule has 27 heavy (non-hydrogen) atoms. The molecule has 146 valence electrons. The van der Waals surface area contributed by atoms with Gasteiger partial charge in [-0.15, -0.1) is 11.3 Å². The number of rotatable bonds is 7. The van der Waals surface area contributed by atoms with Crippen LogP contribution in [0.3, 0.4) is 0 Å². The monoisotopic (exact) mass is 409 g/mol. The number of hydrogen-bond acceptors (Lipinski definition) is 6. The average molecular weight is 410 g/mol. The number of nitrogens with one attached hydrogen (secondary N) is 2. The van der Waals surface area contributed by atoms with E-state index in [9.17, 15) is 13.2 Å². The molecule has 0 radical (unpaired) electrons.